The molecule has 3 heterocycles. The zero-order chi connectivity index (χ0) is 28.8. The number of hydrogen-bond acceptors (Lipinski definition) is 7. The molecule has 1 atom stereocenters. The van der Waals surface area contributed by atoms with Gasteiger partial charge in [0.05, 0.1) is 41.5 Å². The molecule has 0 saturated carbocycles. The quantitative estimate of drug-likeness (QED) is 0.227. The van der Waals surface area contributed by atoms with Crippen LogP contribution in [0.15, 0.2) is 113 Å². The minimum absolute atomic E-state index is 0.310. The van der Waals surface area contributed by atoms with E-state index in [1.165, 1.54) is 7.11 Å². The van der Waals surface area contributed by atoms with Gasteiger partial charge >= 0.3 is 5.97 Å². The van der Waals surface area contributed by atoms with Crippen molar-refractivity contribution in [2.24, 2.45) is 9.98 Å². The van der Waals surface area contributed by atoms with Crippen molar-refractivity contribution in [1.82, 2.24) is 9.78 Å². The molecular weight excluding hydrogens is 548 g/mol. The van der Waals surface area contributed by atoms with Crippen molar-refractivity contribution < 1.29 is 9.53 Å². The smallest absolute Gasteiger partial charge is 0.337 e. The fraction of sp³-hybridized carbons (Fsp3) is 0.0909. The molecule has 0 unspecified atom stereocenters. The number of nitrogens with zero attached hydrogens (tertiary/aromatic N) is 5. The summed E-state index contributed by atoms with van der Waals surface area (Å²) in [7, 11) is 1.38. The van der Waals surface area contributed by atoms with Crippen LogP contribution in [0.4, 0.5) is 22.9 Å². The van der Waals surface area contributed by atoms with E-state index in [0.717, 1.165) is 45.4 Å². The molecule has 42 heavy (non-hydrogen) atoms. The normalized spacial score (nSPS) is 15.1. The zero-order valence-corrected chi connectivity index (χ0v) is 23.6. The summed E-state index contributed by atoms with van der Waals surface area (Å²) in [5, 5.41) is 9.09. The molecule has 0 radical (unpaired) electrons. The highest BCUT2D eigenvalue weighted by Gasteiger charge is 2.41. The Morgan fingerprint density at radius 2 is 1.60 bits per heavy atom. The fourth-order valence-electron chi connectivity index (χ4n) is 5.45. The SMILES string of the molecule is COC(=O)c1ccc([C@@H]2c3c(C)nn(-c4ccccc4)c3N=C3C(Nc4ccc(Cl)cc4)=Nc4ccccc4N32)cc1. The molecule has 1 aromatic heterocycles. The second kappa shape index (κ2) is 10.3. The van der Waals surface area contributed by atoms with Crippen LogP contribution in [0, 0.1) is 6.92 Å². The average Bonchev–Trinajstić information content (AvgIpc) is 3.37. The van der Waals surface area contributed by atoms with Crippen molar-refractivity contribution in [2.45, 2.75) is 13.0 Å². The number of carbonyl (C=O) groups excluding carboxylic acids is 1. The first-order chi connectivity index (χ1) is 20.5. The first-order valence-corrected chi connectivity index (χ1v) is 13.8. The van der Waals surface area contributed by atoms with E-state index in [-0.39, 0.29) is 12.0 Å². The van der Waals surface area contributed by atoms with Gasteiger partial charge in [0.2, 0.25) is 0 Å². The second-order valence-corrected chi connectivity index (χ2v) is 10.4. The molecule has 1 N–H and O–H groups in total. The van der Waals surface area contributed by atoms with E-state index in [2.05, 4.69) is 10.2 Å². The van der Waals surface area contributed by atoms with Crippen LogP contribution in [-0.4, -0.2) is 34.5 Å². The Bertz CT molecular complexity index is 1880. The topological polar surface area (TPSA) is 84.1 Å². The van der Waals surface area contributed by atoms with E-state index >= 15 is 0 Å². The summed E-state index contributed by atoms with van der Waals surface area (Å²) in [5.74, 6) is 1.58. The number of para-hydroxylation sites is 3. The fourth-order valence-corrected chi connectivity index (χ4v) is 5.58. The first-order valence-electron chi connectivity index (χ1n) is 13.4. The van der Waals surface area contributed by atoms with Crippen molar-refractivity contribution in [1.29, 1.82) is 0 Å². The van der Waals surface area contributed by atoms with E-state index in [0.29, 0.717) is 22.3 Å². The molecule has 7 rings (SSSR count). The van der Waals surface area contributed by atoms with Crippen LogP contribution in [0.25, 0.3) is 5.69 Å². The summed E-state index contributed by atoms with van der Waals surface area (Å²) in [6.07, 6.45) is 0. The largest absolute Gasteiger partial charge is 0.465 e. The maximum absolute atomic E-state index is 12.2. The minimum atomic E-state index is -0.383. The summed E-state index contributed by atoms with van der Waals surface area (Å²) >= 11 is 6.16. The van der Waals surface area contributed by atoms with Crippen LogP contribution >= 0.6 is 11.6 Å². The number of fused-ring (bicyclic) bond motifs is 4. The van der Waals surface area contributed by atoms with Gasteiger partial charge in [0.1, 0.15) is 0 Å². The molecule has 0 fully saturated rings. The molecule has 9 heteroatoms. The lowest BCUT2D eigenvalue weighted by molar-refractivity contribution is 0.0600. The lowest BCUT2D eigenvalue weighted by Crippen LogP contribution is -2.46. The molecule has 0 aliphatic carbocycles. The van der Waals surface area contributed by atoms with Crippen molar-refractivity contribution in [2.75, 3.05) is 17.3 Å². The number of aryl methyl sites for hydroxylation is 1. The molecule has 5 aromatic rings. The Labute approximate surface area is 247 Å². The Morgan fingerprint density at radius 1 is 0.881 bits per heavy atom. The van der Waals surface area contributed by atoms with Crippen LogP contribution in [0.1, 0.15) is 33.2 Å². The highest BCUT2D eigenvalue weighted by Crippen LogP contribution is 2.48. The van der Waals surface area contributed by atoms with Gasteiger partial charge in [0, 0.05) is 16.3 Å². The number of benzene rings is 4. The molecule has 206 valence electrons. The average molecular weight is 573 g/mol. The molecule has 0 saturated heterocycles. The Balaban J connectivity index is 1.47. The molecule has 4 aromatic carbocycles. The summed E-state index contributed by atoms with van der Waals surface area (Å²) < 4.78 is 6.83. The highest BCUT2D eigenvalue weighted by atomic mass is 35.5. The number of amidine groups is 2. The van der Waals surface area contributed by atoms with E-state index in [1.807, 2.05) is 103 Å². The van der Waals surface area contributed by atoms with E-state index in [1.54, 1.807) is 12.1 Å². The van der Waals surface area contributed by atoms with Crippen molar-refractivity contribution in [3.05, 3.63) is 131 Å². The third-order valence-electron chi connectivity index (χ3n) is 7.39. The van der Waals surface area contributed by atoms with Crippen LogP contribution in [0.2, 0.25) is 5.02 Å². The number of esters is 1. The van der Waals surface area contributed by atoms with Gasteiger partial charge in [-0.1, -0.05) is 54.1 Å². The Morgan fingerprint density at radius 3 is 2.33 bits per heavy atom. The molecule has 0 amide bonds. The summed E-state index contributed by atoms with van der Waals surface area (Å²) in [4.78, 5) is 24.7. The molecule has 0 bridgehead atoms. The number of rotatable bonds is 4. The predicted octanol–water partition coefficient (Wildman–Crippen LogP) is 7.42. The highest BCUT2D eigenvalue weighted by molar-refractivity contribution is 6.51. The molecular formula is C33H25ClN6O2. The summed E-state index contributed by atoms with van der Waals surface area (Å²) in [6, 6.07) is 32.6. The lowest BCUT2D eigenvalue weighted by Gasteiger charge is -2.40. The van der Waals surface area contributed by atoms with Gasteiger partial charge < -0.3 is 15.0 Å². The van der Waals surface area contributed by atoms with Crippen LogP contribution in [0.5, 0.6) is 0 Å². The molecule has 2 aliphatic heterocycles. The maximum Gasteiger partial charge on any atom is 0.337 e. The minimum Gasteiger partial charge on any atom is -0.465 e. The number of ether oxygens (including phenoxy) is 1. The third kappa shape index (κ3) is 4.33. The van der Waals surface area contributed by atoms with E-state index in [9.17, 15) is 4.79 Å². The Hall–Kier alpha value is -5.21. The van der Waals surface area contributed by atoms with Gasteiger partial charge in [-0.3, -0.25) is 0 Å². The number of methoxy groups -OCH3 is 1. The number of anilines is 2. The van der Waals surface area contributed by atoms with Crippen molar-refractivity contribution in [3.8, 4) is 5.69 Å². The molecule has 0 spiro atoms. The van der Waals surface area contributed by atoms with Gasteiger partial charge in [0.25, 0.3) is 0 Å². The number of aromatic nitrogens is 2. The lowest BCUT2D eigenvalue weighted by atomic mass is 9.92. The number of nitrogens with one attached hydrogen (secondary N) is 1. The first kappa shape index (κ1) is 25.7. The monoisotopic (exact) mass is 572 g/mol. The number of hydrogen-bond donors (Lipinski definition) is 1. The van der Waals surface area contributed by atoms with Crippen molar-refractivity contribution >= 4 is 52.1 Å². The number of halogens is 1. The van der Waals surface area contributed by atoms with Crippen molar-refractivity contribution in [3.63, 3.8) is 0 Å². The predicted molar refractivity (Wildman–Crippen MR) is 166 cm³/mol. The van der Waals surface area contributed by atoms with Gasteiger partial charge in [-0.15, -0.1) is 0 Å². The van der Waals surface area contributed by atoms with Gasteiger partial charge in [0.15, 0.2) is 17.5 Å². The van der Waals surface area contributed by atoms with Gasteiger partial charge in [-0.2, -0.15) is 5.10 Å². The summed E-state index contributed by atoms with van der Waals surface area (Å²) in [6.45, 7) is 2.01. The van der Waals surface area contributed by atoms with Crippen LogP contribution < -0.4 is 10.2 Å². The molecule has 2 aliphatic rings. The number of aliphatic imine (C=N–C) groups is 2. The van der Waals surface area contributed by atoms with Crippen LogP contribution in [0.3, 0.4) is 0 Å². The van der Waals surface area contributed by atoms with Gasteiger partial charge in [-0.25, -0.2) is 19.5 Å². The Kier molecular flexibility index (Phi) is 6.32. The second-order valence-electron chi connectivity index (χ2n) is 9.97. The van der Waals surface area contributed by atoms with E-state index in [4.69, 9.17) is 31.4 Å². The zero-order valence-electron chi connectivity index (χ0n) is 22.8. The number of carbonyl (C=O) groups is 1. The third-order valence-corrected chi connectivity index (χ3v) is 7.65. The maximum atomic E-state index is 12.2. The van der Waals surface area contributed by atoms with Crippen LogP contribution in [-0.2, 0) is 4.74 Å². The summed E-state index contributed by atoms with van der Waals surface area (Å²) in [5.41, 5.74) is 6.72. The molecule has 8 nitrogen and oxygen atoms in total. The van der Waals surface area contributed by atoms with Gasteiger partial charge in [-0.05, 0) is 73.2 Å². The van der Waals surface area contributed by atoms with E-state index < -0.39 is 0 Å². The standard InChI is InChI=1S/C33H25ClN6O2/c1-20-28-29(21-12-14-22(15-13-21)33(41)42-2)39-27-11-7-6-10-26(27)36-30(35-24-18-16-23(34)17-19-24)32(39)37-31(28)40(38-20)25-8-4-3-5-9-25/h3-19,29H,1-2H3,(H,35,36)/t29-/m1/s1.